The van der Waals surface area contributed by atoms with Gasteiger partial charge < -0.3 is 0 Å². The Kier molecular flexibility index (Phi) is 17.0. The molecule has 0 bridgehead atoms. The van der Waals surface area contributed by atoms with Crippen molar-refractivity contribution in [1.29, 1.82) is 0 Å². The number of hydrogen-bond acceptors (Lipinski definition) is 0. The molecule has 0 fully saturated rings. The van der Waals surface area contributed by atoms with Gasteiger partial charge in [-0.3, -0.25) is 6.08 Å². The molecule has 240 valence electrons. The molecule has 0 saturated carbocycles. The second-order valence-electron chi connectivity index (χ2n) is 12.1. The van der Waals surface area contributed by atoms with E-state index in [9.17, 15) is 0 Å². The predicted molar refractivity (Wildman–Crippen MR) is 203 cm³/mol. The second kappa shape index (κ2) is 19.3. The van der Waals surface area contributed by atoms with Gasteiger partial charge in [-0.25, -0.2) is 12.2 Å². The summed E-state index contributed by atoms with van der Waals surface area (Å²) in [6.07, 6.45) is 24.3. The van der Waals surface area contributed by atoms with Gasteiger partial charge in [-0.2, -0.15) is 23.8 Å². The molecule has 0 nitrogen and oxygen atoms in total. The van der Waals surface area contributed by atoms with Crippen molar-refractivity contribution in [3.8, 4) is 0 Å². The van der Waals surface area contributed by atoms with E-state index in [-0.39, 0.29) is 30.2 Å². The molecule has 0 amide bonds. The van der Waals surface area contributed by atoms with Crippen LogP contribution in [0.1, 0.15) is 68.7 Å². The molecule has 0 aromatic heterocycles. The molecule has 5 heteroatoms. The van der Waals surface area contributed by atoms with Gasteiger partial charge >= 0.3 is 133 Å². The Morgan fingerprint density at radius 1 is 0.848 bits per heavy atom. The largest absolute Gasteiger partial charge is 0.273 e. The molecule has 0 N–H and O–H groups in total. The molecule has 3 aliphatic rings. The fourth-order valence-corrected chi connectivity index (χ4v) is 6.75. The summed E-state index contributed by atoms with van der Waals surface area (Å²) in [6.45, 7) is 11.3. The standard InChI is InChI=1S/C21H25.C15H12Cl2.C5H5.2ClH.Zr/c1-6-7-8-21(5)13-18-12-17-9-14(2)15(3)10-19(17)20(18)11-16(21)4;16-14-8-4-12(5-9-14)2-1-3-13-6-10-15(17)11-7-13;1-2-4-5-3-1;;;/h9-12H,6-8H2,1-5H3;4-11H,2-3H2;1-3H,4H2;2*1H;/q-1;;-1;;;+2. The molecule has 6 rings (SSSR count). The van der Waals surface area contributed by atoms with E-state index in [4.69, 9.17) is 23.2 Å². The zero-order chi connectivity index (χ0) is 31.7. The van der Waals surface area contributed by atoms with Crippen molar-refractivity contribution in [3.05, 3.63) is 151 Å². The zero-order valence-electron chi connectivity index (χ0n) is 27.5. The van der Waals surface area contributed by atoms with Gasteiger partial charge in [0.05, 0.1) is 0 Å². The summed E-state index contributed by atoms with van der Waals surface area (Å²) in [5, 5.41) is 4.33. The third kappa shape index (κ3) is 11.5. The molecule has 46 heavy (non-hydrogen) atoms. The minimum atomic E-state index is 0. The van der Waals surface area contributed by atoms with Gasteiger partial charge in [0.1, 0.15) is 0 Å². The quantitative estimate of drug-likeness (QED) is 0.210. The first-order valence-electron chi connectivity index (χ1n) is 15.5. The second-order valence-corrected chi connectivity index (χ2v) is 14.7. The molecule has 0 aliphatic heterocycles. The van der Waals surface area contributed by atoms with E-state index in [0.29, 0.717) is 0 Å². The van der Waals surface area contributed by atoms with E-state index in [1.54, 1.807) is 0 Å². The van der Waals surface area contributed by atoms with Crippen LogP contribution in [-0.2, 0) is 37.1 Å². The van der Waals surface area contributed by atoms with E-state index < -0.39 is 0 Å². The molecule has 3 aromatic rings. The molecule has 3 aromatic carbocycles. The number of rotatable bonds is 7. The van der Waals surface area contributed by atoms with Crippen molar-refractivity contribution in [2.45, 2.75) is 73.1 Å². The van der Waals surface area contributed by atoms with Crippen LogP contribution in [0.2, 0.25) is 10.0 Å². The van der Waals surface area contributed by atoms with Crippen molar-refractivity contribution < 1.29 is 24.2 Å². The van der Waals surface area contributed by atoms with Crippen LogP contribution in [0.15, 0.2) is 96.1 Å². The molecule has 0 saturated heterocycles. The number of aryl methyl sites for hydroxylation is 2. The molecular weight excluding hydrogens is 725 g/mol. The molecular formula is C41H44Cl4Zr. The van der Waals surface area contributed by atoms with E-state index in [2.05, 4.69) is 101 Å². The summed E-state index contributed by atoms with van der Waals surface area (Å²) in [4.78, 5) is 0. The van der Waals surface area contributed by atoms with Gasteiger partial charge in [0, 0.05) is 0 Å². The fourth-order valence-electron chi connectivity index (χ4n) is 5.49. The van der Waals surface area contributed by atoms with Crippen LogP contribution in [0, 0.1) is 31.4 Å². The normalized spacial score (nSPS) is 16.6. The Morgan fingerprint density at radius 3 is 1.89 bits per heavy atom. The maximum Gasteiger partial charge on any atom is -0.109 e. The van der Waals surface area contributed by atoms with Crippen molar-refractivity contribution in [1.82, 2.24) is 0 Å². The topological polar surface area (TPSA) is 0 Å². The van der Waals surface area contributed by atoms with Crippen LogP contribution in [0.25, 0.3) is 11.6 Å². The summed E-state index contributed by atoms with van der Waals surface area (Å²) < 4.78 is 1.52. The first kappa shape index (κ1) is 40.4. The monoisotopic (exact) mass is 766 g/mol. The molecule has 0 spiro atoms. The Labute approximate surface area is 314 Å². The first-order valence-corrected chi connectivity index (χ1v) is 17.5. The number of unbranched alkanes of at least 4 members (excludes halogenated alkanes) is 1. The van der Waals surface area contributed by atoms with Crippen LogP contribution < -0.4 is 10.4 Å². The zero-order valence-corrected chi connectivity index (χ0v) is 33.1. The Bertz CT molecular complexity index is 1670. The van der Waals surface area contributed by atoms with Crippen molar-refractivity contribution >= 4 is 62.9 Å². The maximum atomic E-state index is 5.88. The average Bonchev–Trinajstić information content (AvgIpc) is 3.68. The first-order chi connectivity index (χ1) is 21.1. The van der Waals surface area contributed by atoms with Crippen LogP contribution in [-0.4, -0.2) is 3.21 Å². The van der Waals surface area contributed by atoms with Crippen LogP contribution in [0.5, 0.6) is 0 Å². The maximum absolute atomic E-state index is 5.88. The van der Waals surface area contributed by atoms with Crippen molar-refractivity contribution in [3.63, 3.8) is 0 Å². The summed E-state index contributed by atoms with van der Waals surface area (Å²) in [7, 11) is 0. The number of halogens is 4. The van der Waals surface area contributed by atoms with Crippen LogP contribution >= 0.6 is 48.0 Å². The average molecular weight is 770 g/mol. The van der Waals surface area contributed by atoms with Crippen molar-refractivity contribution in [2.24, 2.45) is 5.41 Å². The summed E-state index contributed by atoms with van der Waals surface area (Å²) in [6, 6.07) is 20.8. The molecule has 1 unspecified atom stereocenters. The third-order valence-corrected chi connectivity index (χ3v) is 9.84. The third-order valence-electron chi connectivity index (χ3n) is 8.47. The Hall–Kier alpha value is -1.73. The Balaban J connectivity index is 0.000000270. The van der Waals surface area contributed by atoms with E-state index in [1.165, 1.54) is 96.1 Å². The smallest absolute Gasteiger partial charge is 0.109 e. The minimum Gasteiger partial charge on any atom is -0.273 e. The number of allylic oxidation sites excluding steroid dienone is 8. The van der Waals surface area contributed by atoms with E-state index >= 15 is 0 Å². The van der Waals surface area contributed by atoms with Gasteiger partial charge in [-0.15, -0.1) is 42.9 Å². The summed E-state index contributed by atoms with van der Waals surface area (Å²) >= 11 is 13.2. The molecule has 3 aliphatic carbocycles. The predicted octanol–water partition coefficient (Wildman–Crippen LogP) is 10.8. The van der Waals surface area contributed by atoms with E-state index in [1.807, 2.05) is 36.4 Å². The van der Waals surface area contributed by atoms with Crippen LogP contribution in [0.3, 0.4) is 0 Å². The number of benzene rings is 3. The molecule has 0 heterocycles. The number of hydrogen-bond donors (Lipinski definition) is 0. The summed E-state index contributed by atoms with van der Waals surface area (Å²) in [5.74, 6) is 0. The summed E-state index contributed by atoms with van der Waals surface area (Å²) in [5.41, 5.74) is 9.63. The van der Waals surface area contributed by atoms with Gasteiger partial charge in [-0.05, 0) is 37.3 Å². The van der Waals surface area contributed by atoms with Gasteiger partial charge in [0.2, 0.25) is 0 Å². The molecule has 1 atom stereocenters. The van der Waals surface area contributed by atoms with E-state index in [0.717, 1.165) is 29.3 Å². The fraction of sp³-hybridized carbons (Fsp3) is 0.293. The minimum absolute atomic E-state index is 0. The van der Waals surface area contributed by atoms with Gasteiger partial charge in [0.25, 0.3) is 0 Å². The number of fused-ring (bicyclic) bond motifs is 2. The SMILES string of the molecule is CCCCC1(C)[C-]=C2C=c3cc(C)c(C)cc3=C2C=C1C.Cl.Cl.Clc1ccc(C[C](=[Zr+2])Cc2ccc(Cl)cc2)cc1.[C-]1=CC=CC1. The van der Waals surface area contributed by atoms with Gasteiger partial charge in [0.15, 0.2) is 0 Å². The molecule has 0 radical (unpaired) electrons. The van der Waals surface area contributed by atoms with Gasteiger partial charge in [-0.1, -0.05) is 61.3 Å². The van der Waals surface area contributed by atoms with Crippen LogP contribution in [0.4, 0.5) is 0 Å². The van der Waals surface area contributed by atoms with Crippen molar-refractivity contribution in [2.75, 3.05) is 0 Å². The Morgan fingerprint density at radius 2 is 1.41 bits per heavy atom.